The van der Waals surface area contributed by atoms with Crippen molar-refractivity contribution in [1.29, 1.82) is 0 Å². The van der Waals surface area contributed by atoms with E-state index in [1.165, 1.54) is 11.8 Å². The Hall–Kier alpha value is -0.910. The van der Waals surface area contributed by atoms with E-state index in [1.54, 1.807) is 4.90 Å². The first-order valence-electron chi connectivity index (χ1n) is 6.86. The lowest BCUT2D eigenvalue weighted by Crippen LogP contribution is -2.53. The van der Waals surface area contributed by atoms with Gasteiger partial charge >= 0.3 is 12.0 Å². The highest BCUT2D eigenvalue weighted by molar-refractivity contribution is 8.00. The lowest BCUT2D eigenvalue weighted by molar-refractivity contribution is -0.141. The number of thioether (sulfide) groups is 1. The molecule has 0 aliphatic carbocycles. The van der Waals surface area contributed by atoms with Gasteiger partial charge in [-0.05, 0) is 25.7 Å². The summed E-state index contributed by atoms with van der Waals surface area (Å²) in [4.78, 5) is 27.4. The van der Waals surface area contributed by atoms with E-state index in [0.29, 0.717) is 11.7 Å². The van der Waals surface area contributed by atoms with Crippen molar-refractivity contribution in [3.8, 4) is 0 Å². The van der Waals surface area contributed by atoms with Gasteiger partial charge in [-0.25, -0.2) is 9.59 Å². The fourth-order valence-electron chi connectivity index (χ4n) is 2.99. The Labute approximate surface area is 118 Å². The van der Waals surface area contributed by atoms with Gasteiger partial charge in [0, 0.05) is 18.3 Å². The minimum absolute atomic E-state index is 0.0537. The molecule has 2 heterocycles. The molecule has 0 aromatic heterocycles. The third-order valence-corrected chi connectivity index (χ3v) is 5.26. The second-order valence-electron chi connectivity index (χ2n) is 5.62. The number of nitrogens with zero attached hydrogens (tertiary/aromatic N) is 2. The molecule has 2 rings (SSSR count). The zero-order chi connectivity index (χ0) is 14.2. The predicted octanol–water partition coefficient (Wildman–Crippen LogP) is 2.07. The molecule has 2 aliphatic heterocycles. The molecule has 0 aromatic rings. The Balaban J connectivity index is 2.15. The quantitative estimate of drug-likeness (QED) is 0.844. The van der Waals surface area contributed by atoms with Gasteiger partial charge in [0.25, 0.3) is 0 Å². The molecule has 2 fully saturated rings. The lowest BCUT2D eigenvalue weighted by Gasteiger charge is -2.34. The maximum absolute atomic E-state index is 12.7. The molecule has 1 N–H and O–H groups in total. The number of urea groups is 1. The molecule has 0 radical (unpaired) electrons. The molecule has 6 heteroatoms. The van der Waals surface area contributed by atoms with Gasteiger partial charge in [-0.2, -0.15) is 0 Å². The van der Waals surface area contributed by atoms with Crippen LogP contribution in [0.4, 0.5) is 4.79 Å². The van der Waals surface area contributed by atoms with Crippen molar-refractivity contribution in [3.63, 3.8) is 0 Å². The Morgan fingerprint density at radius 2 is 2.05 bits per heavy atom. The standard InChI is InChI=1S/C13H22N2O3S/c1-8(2)10-5-4-6-14(10)13(18)15-9(3)19-7-11(15)12(16)17/h8-11H,4-7H2,1-3H3,(H,16,17). The van der Waals surface area contributed by atoms with Gasteiger partial charge in [0.2, 0.25) is 0 Å². The number of carboxylic acid groups (broad SMARTS) is 1. The van der Waals surface area contributed by atoms with E-state index in [1.807, 2.05) is 11.8 Å². The summed E-state index contributed by atoms with van der Waals surface area (Å²) < 4.78 is 0. The van der Waals surface area contributed by atoms with E-state index < -0.39 is 12.0 Å². The Morgan fingerprint density at radius 1 is 1.37 bits per heavy atom. The SMILES string of the molecule is CC(C)C1CCCN1C(=O)N1C(C)SCC1C(=O)O. The van der Waals surface area contributed by atoms with Crippen molar-refractivity contribution < 1.29 is 14.7 Å². The molecule has 3 unspecified atom stereocenters. The zero-order valence-electron chi connectivity index (χ0n) is 11.7. The number of carbonyl (C=O) groups excluding carboxylic acids is 1. The van der Waals surface area contributed by atoms with Crippen LogP contribution in [-0.4, -0.2) is 56.7 Å². The van der Waals surface area contributed by atoms with Crippen LogP contribution < -0.4 is 0 Å². The highest BCUT2D eigenvalue weighted by Gasteiger charge is 2.43. The molecule has 3 atom stereocenters. The molecule has 0 saturated carbocycles. The Kier molecular flexibility index (Phi) is 4.28. The number of carboxylic acids is 1. The normalized spacial score (nSPS) is 31.3. The molecule has 5 nitrogen and oxygen atoms in total. The number of amides is 2. The topological polar surface area (TPSA) is 60.9 Å². The minimum Gasteiger partial charge on any atom is -0.480 e. The van der Waals surface area contributed by atoms with E-state index in [4.69, 9.17) is 0 Å². The van der Waals surface area contributed by atoms with Crippen LogP contribution in [0.5, 0.6) is 0 Å². The van der Waals surface area contributed by atoms with Crippen LogP contribution in [0.2, 0.25) is 0 Å². The second kappa shape index (κ2) is 5.61. The van der Waals surface area contributed by atoms with Crippen LogP contribution in [-0.2, 0) is 4.79 Å². The van der Waals surface area contributed by atoms with Crippen molar-refractivity contribution in [1.82, 2.24) is 9.80 Å². The smallest absolute Gasteiger partial charge is 0.327 e. The average Bonchev–Trinajstić information content (AvgIpc) is 2.93. The molecular weight excluding hydrogens is 264 g/mol. The van der Waals surface area contributed by atoms with E-state index in [-0.39, 0.29) is 17.4 Å². The number of hydrogen-bond acceptors (Lipinski definition) is 3. The zero-order valence-corrected chi connectivity index (χ0v) is 12.5. The number of hydrogen-bond donors (Lipinski definition) is 1. The van der Waals surface area contributed by atoms with Gasteiger partial charge in [0.05, 0.1) is 5.37 Å². The minimum atomic E-state index is -0.898. The van der Waals surface area contributed by atoms with Gasteiger partial charge in [0.15, 0.2) is 0 Å². The Morgan fingerprint density at radius 3 is 2.63 bits per heavy atom. The molecule has 2 saturated heterocycles. The summed E-state index contributed by atoms with van der Waals surface area (Å²) in [6, 6.07) is -0.526. The average molecular weight is 286 g/mol. The molecule has 0 spiro atoms. The summed E-state index contributed by atoms with van der Waals surface area (Å²) in [5.41, 5.74) is 0. The fraction of sp³-hybridized carbons (Fsp3) is 0.846. The van der Waals surface area contributed by atoms with Crippen LogP contribution in [0.25, 0.3) is 0 Å². The number of carbonyl (C=O) groups is 2. The van der Waals surface area contributed by atoms with Gasteiger partial charge in [-0.3, -0.25) is 4.90 Å². The predicted molar refractivity (Wildman–Crippen MR) is 75.1 cm³/mol. The van der Waals surface area contributed by atoms with Crippen LogP contribution in [0.3, 0.4) is 0 Å². The van der Waals surface area contributed by atoms with Gasteiger partial charge < -0.3 is 10.0 Å². The molecule has 0 aromatic carbocycles. The number of likely N-dealkylation sites (tertiary alicyclic amines) is 1. The first kappa shape index (κ1) is 14.5. The molecule has 108 valence electrons. The molecular formula is C13H22N2O3S. The summed E-state index contributed by atoms with van der Waals surface area (Å²) in [6.07, 6.45) is 2.04. The summed E-state index contributed by atoms with van der Waals surface area (Å²) in [6.45, 7) is 6.90. The van der Waals surface area contributed by atoms with Crippen molar-refractivity contribution >= 4 is 23.8 Å². The third kappa shape index (κ3) is 2.68. The third-order valence-electron chi connectivity index (χ3n) is 4.04. The fourth-order valence-corrected chi connectivity index (χ4v) is 4.16. The van der Waals surface area contributed by atoms with Gasteiger partial charge in [-0.15, -0.1) is 11.8 Å². The van der Waals surface area contributed by atoms with Gasteiger partial charge in [-0.1, -0.05) is 13.8 Å². The molecule has 19 heavy (non-hydrogen) atoms. The van der Waals surface area contributed by atoms with Crippen LogP contribution >= 0.6 is 11.8 Å². The van der Waals surface area contributed by atoms with Gasteiger partial charge in [0.1, 0.15) is 6.04 Å². The molecule has 0 bridgehead atoms. The van der Waals surface area contributed by atoms with E-state index in [0.717, 1.165) is 19.4 Å². The monoisotopic (exact) mass is 286 g/mol. The summed E-state index contributed by atoms with van der Waals surface area (Å²) in [7, 11) is 0. The largest absolute Gasteiger partial charge is 0.480 e. The summed E-state index contributed by atoms with van der Waals surface area (Å²) in [5.74, 6) is 0.00776. The first-order valence-corrected chi connectivity index (χ1v) is 7.91. The number of rotatable bonds is 2. The molecule has 2 amide bonds. The summed E-state index contributed by atoms with van der Waals surface area (Å²) in [5, 5.41) is 9.19. The van der Waals surface area contributed by atoms with Crippen LogP contribution in [0, 0.1) is 5.92 Å². The lowest BCUT2D eigenvalue weighted by atomic mass is 10.0. The van der Waals surface area contributed by atoms with Crippen molar-refractivity contribution in [2.75, 3.05) is 12.3 Å². The van der Waals surface area contributed by atoms with Crippen molar-refractivity contribution in [2.45, 2.75) is 51.1 Å². The van der Waals surface area contributed by atoms with E-state index >= 15 is 0 Å². The summed E-state index contributed by atoms with van der Waals surface area (Å²) >= 11 is 1.54. The Bertz CT molecular complexity index is 375. The highest BCUT2D eigenvalue weighted by Crippen LogP contribution is 2.33. The van der Waals surface area contributed by atoms with E-state index in [9.17, 15) is 14.7 Å². The highest BCUT2D eigenvalue weighted by atomic mass is 32.2. The molecule has 2 aliphatic rings. The van der Waals surface area contributed by atoms with Crippen LogP contribution in [0.15, 0.2) is 0 Å². The number of aliphatic carboxylic acids is 1. The first-order chi connectivity index (χ1) is 8.93. The van der Waals surface area contributed by atoms with Crippen molar-refractivity contribution in [2.24, 2.45) is 5.92 Å². The maximum Gasteiger partial charge on any atom is 0.327 e. The second-order valence-corrected chi connectivity index (χ2v) is 6.97. The van der Waals surface area contributed by atoms with Crippen LogP contribution in [0.1, 0.15) is 33.6 Å². The maximum atomic E-state index is 12.7. The van der Waals surface area contributed by atoms with Crippen molar-refractivity contribution in [3.05, 3.63) is 0 Å². The van der Waals surface area contributed by atoms with E-state index in [2.05, 4.69) is 13.8 Å².